The summed E-state index contributed by atoms with van der Waals surface area (Å²) >= 11 is 0. The highest BCUT2D eigenvalue weighted by atomic mass is 16.5. The molecule has 1 aromatic rings. The predicted octanol–water partition coefficient (Wildman–Crippen LogP) is 2.12. The van der Waals surface area contributed by atoms with Crippen molar-refractivity contribution >= 4 is 0 Å². The Hall–Kier alpha value is -1.33. The van der Waals surface area contributed by atoms with Gasteiger partial charge in [-0.1, -0.05) is 6.92 Å². The Morgan fingerprint density at radius 3 is 2.17 bits per heavy atom. The van der Waals surface area contributed by atoms with Crippen molar-refractivity contribution in [3.63, 3.8) is 0 Å². The first kappa shape index (κ1) is 16.5. The lowest BCUT2D eigenvalue weighted by Crippen LogP contribution is -2.48. The average molecular weight is 319 g/mol. The third-order valence-electron chi connectivity index (χ3n) is 5.31. The zero-order valence-electron chi connectivity index (χ0n) is 14.8. The standard InChI is InChI=1S/C18H29N3O2/c1-5-16-13(2)10-17(22-11-14-6-8-20(14)3)18(19-16)23-12-15-7-9-21(15)4/h10,14-15H,5-9,11-12H2,1-4H3/t14-,15-/m0/s1. The lowest BCUT2D eigenvalue weighted by atomic mass is 10.1. The lowest BCUT2D eigenvalue weighted by Gasteiger charge is -2.38. The minimum absolute atomic E-state index is 0.508. The van der Waals surface area contributed by atoms with Crippen LogP contribution in [0.1, 0.15) is 31.0 Å². The smallest absolute Gasteiger partial charge is 0.257 e. The van der Waals surface area contributed by atoms with Crippen LogP contribution >= 0.6 is 0 Å². The number of likely N-dealkylation sites (tertiary alicyclic amines) is 2. The van der Waals surface area contributed by atoms with Gasteiger partial charge in [-0.2, -0.15) is 0 Å². The van der Waals surface area contributed by atoms with Crippen molar-refractivity contribution in [2.24, 2.45) is 0 Å². The molecule has 128 valence electrons. The largest absolute Gasteiger partial charge is 0.486 e. The van der Waals surface area contributed by atoms with E-state index in [1.54, 1.807) is 0 Å². The molecule has 2 aliphatic heterocycles. The van der Waals surface area contributed by atoms with Gasteiger partial charge in [-0.25, -0.2) is 4.98 Å². The van der Waals surface area contributed by atoms with Gasteiger partial charge in [-0.05, 0) is 65.0 Å². The number of hydrogen-bond donors (Lipinski definition) is 0. The molecular formula is C18H29N3O2. The maximum Gasteiger partial charge on any atom is 0.257 e. The predicted molar refractivity (Wildman–Crippen MR) is 91.4 cm³/mol. The molecule has 0 unspecified atom stereocenters. The molecule has 2 atom stereocenters. The summed E-state index contributed by atoms with van der Waals surface area (Å²) in [5.74, 6) is 1.46. The van der Waals surface area contributed by atoms with Gasteiger partial charge in [0.15, 0.2) is 5.75 Å². The van der Waals surface area contributed by atoms with E-state index in [1.165, 1.54) is 18.4 Å². The fraction of sp³-hybridized carbons (Fsp3) is 0.722. The van der Waals surface area contributed by atoms with E-state index in [1.807, 2.05) is 0 Å². The van der Waals surface area contributed by atoms with Gasteiger partial charge in [0.2, 0.25) is 0 Å². The molecule has 0 radical (unpaired) electrons. The van der Waals surface area contributed by atoms with E-state index in [4.69, 9.17) is 14.5 Å². The Kier molecular flexibility index (Phi) is 5.07. The molecule has 2 aliphatic rings. The number of likely N-dealkylation sites (N-methyl/N-ethyl adjacent to an activating group) is 2. The molecule has 3 rings (SSSR count). The van der Waals surface area contributed by atoms with E-state index in [9.17, 15) is 0 Å². The van der Waals surface area contributed by atoms with Gasteiger partial charge in [0.1, 0.15) is 13.2 Å². The summed E-state index contributed by atoms with van der Waals surface area (Å²) in [6.07, 6.45) is 3.32. The van der Waals surface area contributed by atoms with Crippen molar-refractivity contribution in [3.8, 4) is 11.6 Å². The molecule has 0 aromatic carbocycles. The molecule has 2 saturated heterocycles. The Labute approximate surface area is 139 Å². The summed E-state index contributed by atoms with van der Waals surface area (Å²) in [6.45, 7) is 7.95. The minimum atomic E-state index is 0.508. The van der Waals surface area contributed by atoms with E-state index in [2.05, 4.69) is 43.8 Å². The molecule has 0 saturated carbocycles. The first-order valence-electron chi connectivity index (χ1n) is 8.75. The quantitative estimate of drug-likeness (QED) is 0.769. The highest BCUT2D eigenvalue weighted by Crippen LogP contribution is 2.30. The van der Waals surface area contributed by atoms with Crippen LogP contribution in [0.15, 0.2) is 6.07 Å². The first-order chi connectivity index (χ1) is 11.1. The van der Waals surface area contributed by atoms with Gasteiger partial charge in [0.05, 0.1) is 0 Å². The van der Waals surface area contributed by atoms with Crippen molar-refractivity contribution in [2.75, 3.05) is 40.4 Å². The number of aryl methyl sites for hydroxylation is 2. The summed E-state index contributed by atoms with van der Waals surface area (Å²) in [5.41, 5.74) is 2.27. The Morgan fingerprint density at radius 2 is 1.70 bits per heavy atom. The van der Waals surface area contributed by atoms with Crippen molar-refractivity contribution in [3.05, 3.63) is 17.3 Å². The summed E-state index contributed by atoms with van der Waals surface area (Å²) < 4.78 is 12.1. The second-order valence-electron chi connectivity index (χ2n) is 6.88. The zero-order valence-corrected chi connectivity index (χ0v) is 14.8. The number of rotatable bonds is 7. The number of aromatic nitrogens is 1. The Bertz CT molecular complexity index is 549. The molecule has 0 amide bonds. The molecule has 1 aromatic heterocycles. The lowest BCUT2D eigenvalue weighted by molar-refractivity contribution is 0.0645. The molecule has 5 heteroatoms. The van der Waals surface area contributed by atoms with Gasteiger partial charge in [0, 0.05) is 17.8 Å². The van der Waals surface area contributed by atoms with Crippen LogP contribution in [0.4, 0.5) is 0 Å². The van der Waals surface area contributed by atoms with Crippen LogP contribution in [0, 0.1) is 6.92 Å². The van der Waals surface area contributed by atoms with E-state index in [0.717, 1.165) is 31.0 Å². The average Bonchev–Trinajstić information content (AvgIpc) is 2.53. The number of hydrogen-bond acceptors (Lipinski definition) is 5. The summed E-state index contributed by atoms with van der Waals surface area (Å²) in [4.78, 5) is 9.35. The zero-order chi connectivity index (χ0) is 16.4. The summed E-state index contributed by atoms with van der Waals surface area (Å²) in [6, 6.07) is 3.12. The van der Waals surface area contributed by atoms with E-state index >= 15 is 0 Å². The van der Waals surface area contributed by atoms with Crippen molar-refractivity contribution in [1.29, 1.82) is 0 Å². The van der Waals surface area contributed by atoms with Gasteiger partial charge >= 0.3 is 0 Å². The normalized spacial score (nSPS) is 24.9. The topological polar surface area (TPSA) is 37.8 Å². The Balaban J connectivity index is 1.68. The number of ether oxygens (including phenoxy) is 2. The van der Waals surface area contributed by atoms with Crippen LogP contribution in [0.5, 0.6) is 11.6 Å². The van der Waals surface area contributed by atoms with Crippen LogP contribution in [0.3, 0.4) is 0 Å². The summed E-state index contributed by atoms with van der Waals surface area (Å²) in [5, 5.41) is 0. The van der Waals surface area contributed by atoms with E-state index in [-0.39, 0.29) is 0 Å². The van der Waals surface area contributed by atoms with Crippen molar-refractivity contribution < 1.29 is 9.47 Å². The van der Waals surface area contributed by atoms with Gasteiger partial charge in [0.25, 0.3) is 5.88 Å². The molecule has 0 bridgehead atoms. The maximum atomic E-state index is 6.06. The van der Waals surface area contributed by atoms with Crippen LogP contribution in [-0.4, -0.2) is 67.3 Å². The van der Waals surface area contributed by atoms with Crippen LogP contribution < -0.4 is 9.47 Å². The van der Waals surface area contributed by atoms with E-state index < -0.39 is 0 Å². The van der Waals surface area contributed by atoms with Crippen molar-refractivity contribution in [2.45, 2.75) is 45.2 Å². The second kappa shape index (κ2) is 7.05. The SMILES string of the molecule is CCc1nc(OC[C@@H]2CCN2C)c(OC[C@@H]2CCN2C)cc1C. The Morgan fingerprint density at radius 1 is 1.09 bits per heavy atom. The highest BCUT2D eigenvalue weighted by molar-refractivity contribution is 5.39. The second-order valence-corrected chi connectivity index (χ2v) is 6.88. The summed E-state index contributed by atoms with van der Waals surface area (Å²) in [7, 11) is 4.28. The molecule has 0 N–H and O–H groups in total. The van der Waals surface area contributed by atoms with Gasteiger partial charge < -0.3 is 9.47 Å². The maximum absolute atomic E-state index is 6.06. The highest BCUT2D eigenvalue weighted by Gasteiger charge is 2.27. The van der Waals surface area contributed by atoms with Gasteiger partial charge in [-0.3, -0.25) is 9.80 Å². The monoisotopic (exact) mass is 319 g/mol. The molecule has 2 fully saturated rings. The van der Waals surface area contributed by atoms with E-state index in [0.29, 0.717) is 31.2 Å². The first-order valence-corrected chi connectivity index (χ1v) is 8.75. The molecule has 0 aliphatic carbocycles. The fourth-order valence-corrected chi connectivity index (χ4v) is 3.09. The minimum Gasteiger partial charge on any atom is -0.486 e. The van der Waals surface area contributed by atoms with Crippen LogP contribution in [-0.2, 0) is 6.42 Å². The van der Waals surface area contributed by atoms with Crippen LogP contribution in [0.2, 0.25) is 0 Å². The van der Waals surface area contributed by atoms with Crippen LogP contribution in [0.25, 0.3) is 0 Å². The molecule has 3 heterocycles. The molecule has 5 nitrogen and oxygen atoms in total. The number of pyridine rings is 1. The third-order valence-corrected chi connectivity index (χ3v) is 5.31. The van der Waals surface area contributed by atoms with Gasteiger partial charge in [-0.15, -0.1) is 0 Å². The molecule has 23 heavy (non-hydrogen) atoms. The third kappa shape index (κ3) is 3.61. The molecule has 0 spiro atoms. The van der Waals surface area contributed by atoms with Crippen molar-refractivity contribution in [1.82, 2.24) is 14.8 Å². The number of nitrogens with zero attached hydrogens (tertiary/aromatic N) is 3. The molecular weight excluding hydrogens is 290 g/mol. The fourth-order valence-electron chi connectivity index (χ4n) is 3.09.